The maximum Gasteiger partial charge on any atom is 0.305 e. The average molecular weight is 1130 g/mol. The van der Waals surface area contributed by atoms with Gasteiger partial charge < -0.3 is 20.3 Å². The van der Waals surface area contributed by atoms with Crippen LogP contribution in [0.3, 0.4) is 0 Å². The second kappa shape index (κ2) is 69.8. The monoisotopic (exact) mass is 1130 g/mol. The van der Waals surface area contributed by atoms with Crippen molar-refractivity contribution < 1.29 is 24.5 Å². The number of rotatable bonds is 69. The van der Waals surface area contributed by atoms with E-state index >= 15 is 0 Å². The molecule has 2 unspecified atom stereocenters. The highest BCUT2D eigenvalue weighted by Gasteiger charge is 2.18. The highest BCUT2D eigenvalue weighted by atomic mass is 16.5. The van der Waals surface area contributed by atoms with Crippen molar-refractivity contribution in [3.63, 3.8) is 0 Å². The van der Waals surface area contributed by atoms with Gasteiger partial charge in [0.15, 0.2) is 0 Å². The normalized spacial score (nSPS) is 12.6. The molecule has 0 aromatic heterocycles. The standard InChI is InChI=1S/C74H143NO5/c1-3-5-7-9-11-13-15-17-18-19-34-37-40-43-46-50-54-58-62-66-72(77)71(70-76)75-73(78)67-63-59-55-51-47-44-41-38-35-32-30-28-26-24-22-20-21-23-25-27-29-31-33-36-39-42-45-49-53-57-61-65-69-80-74(79)68-64-60-56-52-48-16-14-12-10-8-6-4-2/h23,25,62,66,71-72,76-77H,3-22,24,26-61,63-65,67-70H2,1-2H3,(H,75,78)/b25-23-,66-62+. The summed E-state index contributed by atoms with van der Waals surface area (Å²) in [7, 11) is 0. The SMILES string of the molecule is CCCCCCCCCCCCCCCCCCC/C=C/C(O)C(CO)NC(=O)CCCCCCCCCCCCCCCCCC/C=C\CCCCCCCCCCCCCCOC(=O)CCCCCCCCCCCCCC. The van der Waals surface area contributed by atoms with Gasteiger partial charge in [0.25, 0.3) is 0 Å². The van der Waals surface area contributed by atoms with Crippen LogP contribution in [0, 0.1) is 0 Å². The minimum absolute atomic E-state index is 0.0193. The fourth-order valence-corrected chi connectivity index (χ4v) is 11.6. The van der Waals surface area contributed by atoms with Gasteiger partial charge in [-0.1, -0.05) is 366 Å². The van der Waals surface area contributed by atoms with Crippen molar-refractivity contribution in [1.82, 2.24) is 5.32 Å². The molecule has 6 nitrogen and oxygen atoms in total. The zero-order valence-electron chi connectivity index (χ0n) is 54.3. The molecule has 2 atom stereocenters. The molecule has 474 valence electrons. The summed E-state index contributed by atoms with van der Waals surface area (Å²) in [5, 5.41) is 23.2. The van der Waals surface area contributed by atoms with E-state index in [4.69, 9.17) is 4.74 Å². The maximum atomic E-state index is 12.5. The summed E-state index contributed by atoms with van der Waals surface area (Å²) in [5.41, 5.74) is 0. The number of esters is 1. The highest BCUT2D eigenvalue weighted by Crippen LogP contribution is 2.19. The number of hydrogen-bond donors (Lipinski definition) is 3. The third kappa shape index (κ3) is 65.5. The molecule has 6 heteroatoms. The second-order valence-electron chi connectivity index (χ2n) is 25.3. The average Bonchev–Trinajstić information content (AvgIpc) is 3.46. The van der Waals surface area contributed by atoms with Gasteiger partial charge in [0.2, 0.25) is 5.91 Å². The Labute approximate surface area is 501 Å². The Morgan fingerprint density at radius 3 is 0.887 bits per heavy atom. The zero-order chi connectivity index (χ0) is 57.8. The minimum Gasteiger partial charge on any atom is -0.466 e. The molecule has 0 heterocycles. The van der Waals surface area contributed by atoms with E-state index in [1.54, 1.807) is 6.08 Å². The molecule has 0 fully saturated rings. The Bertz CT molecular complexity index is 1250. The van der Waals surface area contributed by atoms with E-state index in [9.17, 15) is 19.8 Å². The van der Waals surface area contributed by atoms with Crippen molar-refractivity contribution in [1.29, 1.82) is 0 Å². The van der Waals surface area contributed by atoms with Crippen LogP contribution >= 0.6 is 0 Å². The van der Waals surface area contributed by atoms with Gasteiger partial charge in [0.1, 0.15) is 0 Å². The number of aliphatic hydroxyl groups excluding tert-OH is 2. The molecule has 0 radical (unpaired) electrons. The molecule has 1 amide bonds. The number of amides is 1. The van der Waals surface area contributed by atoms with Crippen LogP contribution in [0.2, 0.25) is 0 Å². The molecule has 0 rings (SSSR count). The lowest BCUT2D eigenvalue weighted by Crippen LogP contribution is -2.45. The summed E-state index contributed by atoms with van der Waals surface area (Å²) in [5.74, 6) is -0.0421. The Morgan fingerprint density at radius 1 is 0.338 bits per heavy atom. The maximum absolute atomic E-state index is 12.5. The molecule has 0 bridgehead atoms. The zero-order valence-corrected chi connectivity index (χ0v) is 54.3. The van der Waals surface area contributed by atoms with Crippen molar-refractivity contribution in [3.8, 4) is 0 Å². The first-order chi connectivity index (χ1) is 39.5. The molecule has 0 aromatic rings. The molecule has 0 spiro atoms. The second-order valence-corrected chi connectivity index (χ2v) is 25.3. The molecule has 0 aliphatic heterocycles. The molecule has 0 saturated heterocycles. The Hall–Kier alpha value is -1.66. The van der Waals surface area contributed by atoms with Gasteiger partial charge in [0.05, 0.1) is 25.4 Å². The molecular weight excluding hydrogens is 983 g/mol. The van der Waals surface area contributed by atoms with Crippen LogP contribution in [-0.4, -0.2) is 47.4 Å². The summed E-state index contributed by atoms with van der Waals surface area (Å²) in [4.78, 5) is 24.6. The van der Waals surface area contributed by atoms with Crippen LogP contribution in [0.15, 0.2) is 24.3 Å². The number of hydrogen-bond acceptors (Lipinski definition) is 5. The molecule has 0 aromatic carbocycles. The van der Waals surface area contributed by atoms with Crippen LogP contribution in [0.4, 0.5) is 0 Å². The van der Waals surface area contributed by atoms with Crippen molar-refractivity contribution in [2.75, 3.05) is 13.2 Å². The third-order valence-electron chi connectivity index (χ3n) is 17.2. The quantitative estimate of drug-likeness (QED) is 0.0320. The summed E-state index contributed by atoms with van der Waals surface area (Å²) >= 11 is 0. The van der Waals surface area contributed by atoms with E-state index in [1.807, 2.05) is 6.08 Å². The fourth-order valence-electron chi connectivity index (χ4n) is 11.6. The van der Waals surface area contributed by atoms with Crippen molar-refractivity contribution >= 4 is 11.9 Å². The minimum atomic E-state index is -0.843. The van der Waals surface area contributed by atoms with Crippen LogP contribution in [0.5, 0.6) is 0 Å². The van der Waals surface area contributed by atoms with Gasteiger partial charge in [0, 0.05) is 12.8 Å². The summed E-state index contributed by atoms with van der Waals surface area (Å²) in [6.45, 7) is 4.94. The predicted molar refractivity (Wildman–Crippen MR) is 352 cm³/mol. The Morgan fingerprint density at radius 2 is 0.588 bits per heavy atom. The fraction of sp³-hybridized carbons (Fsp3) is 0.919. The number of unbranched alkanes of at least 4 members (excludes halogenated alkanes) is 56. The van der Waals surface area contributed by atoms with Gasteiger partial charge in [-0.2, -0.15) is 0 Å². The van der Waals surface area contributed by atoms with Gasteiger partial charge in [-0.3, -0.25) is 9.59 Å². The first kappa shape index (κ1) is 78.3. The Kier molecular flexibility index (Phi) is 68.4. The van der Waals surface area contributed by atoms with Crippen LogP contribution in [0.25, 0.3) is 0 Å². The van der Waals surface area contributed by atoms with E-state index in [1.165, 1.54) is 347 Å². The first-order valence-corrected chi connectivity index (χ1v) is 36.6. The van der Waals surface area contributed by atoms with Crippen molar-refractivity contribution in [2.45, 2.75) is 424 Å². The number of allylic oxidation sites excluding steroid dienone is 3. The summed E-state index contributed by atoms with van der Waals surface area (Å²) in [6, 6.07) is -0.626. The topological polar surface area (TPSA) is 95.9 Å². The predicted octanol–water partition coefficient (Wildman–Crippen LogP) is 23.7. The molecule has 0 aliphatic rings. The van der Waals surface area contributed by atoms with Crippen LogP contribution in [-0.2, 0) is 14.3 Å². The lowest BCUT2D eigenvalue weighted by Gasteiger charge is -2.20. The van der Waals surface area contributed by atoms with E-state index < -0.39 is 12.1 Å². The molecule has 80 heavy (non-hydrogen) atoms. The van der Waals surface area contributed by atoms with Gasteiger partial charge in [-0.25, -0.2) is 0 Å². The lowest BCUT2D eigenvalue weighted by molar-refractivity contribution is -0.143. The van der Waals surface area contributed by atoms with E-state index in [2.05, 4.69) is 31.3 Å². The first-order valence-electron chi connectivity index (χ1n) is 36.6. The van der Waals surface area contributed by atoms with E-state index in [0.717, 1.165) is 38.5 Å². The smallest absolute Gasteiger partial charge is 0.305 e. The van der Waals surface area contributed by atoms with Crippen LogP contribution in [0.1, 0.15) is 412 Å². The number of ether oxygens (including phenoxy) is 1. The van der Waals surface area contributed by atoms with E-state index in [-0.39, 0.29) is 18.5 Å². The third-order valence-corrected chi connectivity index (χ3v) is 17.2. The molecule has 3 N–H and O–H groups in total. The number of carbonyl (C=O) groups excluding carboxylic acids is 2. The van der Waals surface area contributed by atoms with Gasteiger partial charge >= 0.3 is 5.97 Å². The Balaban J connectivity index is 3.37. The largest absolute Gasteiger partial charge is 0.466 e. The number of carbonyl (C=O) groups is 2. The van der Waals surface area contributed by atoms with Gasteiger partial charge in [-0.15, -0.1) is 0 Å². The highest BCUT2D eigenvalue weighted by molar-refractivity contribution is 5.76. The molecule has 0 saturated carbocycles. The summed E-state index contributed by atoms with van der Waals surface area (Å²) in [6.07, 6.45) is 88.5. The lowest BCUT2D eigenvalue weighted by atomic mass is 10.0. The summed E-state index contributed by atoms with van der Waals surface area (Å²) < 4.78 is 5.48. The molecular formula is C74H143NO5. The van der Waals surface area contributed by atoms with E-state index in [0.29, 0.717) is 19.4 Å². The number of aliphatic hydroxyl groups is 2. The van der Waals surface area contributed by atoms with Crippen molar-refractivity contribution in [3.05, 3.63) is 24.3 Å². The van der Waals surface area contributed by atoms with Gasteiger partial charge in [-0.05, 0) is 57.8 Å². The molecule has 0 aliphatic carbocycles. The van der Waals surface area contributed by atoms with Crippen LogP contribution < -0.4 is 5.32 Å². The van der Waals surface area contributed by atoms with Crippen molar-refractivity contribution in [2.24, 2.45) is 0 Å². The number of nitrogens with one attached hydrogen (secondary N) is 1.